The first kappa shape index (κ1) is 12.1. The van der Waals surface area contributed by atoms with Crippen LogP contribution in [0.3, 0.4) is 0 Å². The fraction of sp³-hybridized carbons (Fsp3) is 0.727. The van der Waals surface area contributed by atoms with E-state index in [1.165, 1.54) is 37.2 Å². The average molecular weight is 299 g/mol. The number of hydrogen-bond acceptors (Lipinski definition) is 2. The van der Waals surface area contributed by atoms with Crippen molar-refractivity contribution >= 4 is 25.8 Å². The molecule has 2 nitrogen and oxygen atoms in total. The molecule has 1 heterocycles. The third-order valence-corrected chi connectivity index (χ3v) is 4.11. The van der Waals surface area contributed by atoms with Crippen LogP contribution in [-0.2, 0) is 0 Å². The third kappa shape index (κ3) is 1.86. The van der Waals surface area contributed by atoms with Crippen LogP contribution in [0.5, 0.6) is 0 Å². The van der Waals surface area contributed by atoms with E-state index in [-0.39, 0.29) is 0 Å². The van der Waals surface area contributed by atoms with Crippen molar-refractivity contribution in [2.45, 2.75) is 53.6 Å². The van der Waals surface area contributed by atoms with Crippen LogP contribution < -0.4 is 0 Å². The summed E-state index contributed by atoms with van der Waals surface area (Å²) in [7, 11) is 0. The zero-order valence-corrected chi connectivity index (χ0v) is 12.9. The van der Waals surface area contributed by atoms with Gasteiger partial charge in [-0.3, -0.25) is 0 Å². The molecular formula is C11H20N2Sn. The van der Waals surface area contributed by atoms with Crippen molar-refractivity contribution in [3.05, 3.63) is 11.4 Å². The maximum absolute atomic E-state index is 2.45. The van der Waals surface area contributed by atoms with E-state index in [4.69, 9.17) is 0 Å². The summed E-state index contributed by atoms with van der Waals surface area (Å²) < 4.78 is 1.46. The second-order valence-electron chi connectivity index (χ2n) is 4.42. The Labute approximate surface area is 101 Å². The summed E-state index contributed by atoms with van der Waals surface area (Å²) in [5.74, 6) is 0. The van der Waals surface area contributed by atoms with Gasteiger partial charge in [0.25, 0.3) is 0 Å². The minimum atomic E-state index is 0.572. The van der Waals surface area contributed by atoms with E-state index in [1.807, 2.05) is 0 Å². The van der Waals surface area contributed by atoms with Gasteiger partial charge in [0.2, 0.25) is 0 Å². The molecule has 1 rings (SSSR count). The van der Waals surface area contributed by atoms with Gasteiger partial charge in [0.1, 0.15) is 0 Å². The molecule has 3 heteroatoms. The van der Waals surface area contributed by atoms with Crippen LogP contribution in [0.15, 0.2) is 11.4 Å². The zero-order valence-electron chi connectivity index (χ0n) is 10.0. The number of hydrogen-bond donors (Lipinski definition) is 0. The third-order valence-electron chi connectivity index (χ3n) is 2.74. The molecule has 0 saturated carbocycles. The molecule has 0 amide bonds. The van der Waals surface area contributed by atoms with Crippen molar-refractivity contribution in [1.82, 2.24) is 9.80 Å². The van der Waals surface area contributed by atoms with Crippen molar-refractivity contribution in [2.75, 3.05) is 0 Å². The second kappa shape index (κ2) is 4.25. The normalized spacial score (nSPS) is 18.1. The van der Waals surface area contributed by atoms with Crippen molar-refractivity contribution in [3.63, 3.8) is 0 Å². The Morgan fingerprint density at radius 1 is 0.857 bits per heavy atom. The van der Waals surface area contributed by atoms with E-state index in [2.05, 4.69) is 51.3 Å². The Morgan fingerprint density at radius 2 is 1.14 bits per heavy atom. The molecule has 0 aromatic heterocycles. The number of rotatable bonds is 2. The van der Waals surface area contributed by atoms with Gasteiger partial charge in [-0.1, -0.05) is 0 Å². The Bertz CT molecular complexity index is 253. The Balaban J connectivity index is 3.04. The molecule has 0 fully saturated rings. The minimum absolute atomic E-state index is 0.572. The maximum atomic E-state index is 2.45. The predicted molar refractivity (Wildman–Crippen MR) is 63.1 cm³/mol. The van der Waals surface area contributed by atoms with Crippen LogP contribution in [0, 0.1) is 0 Å². The van der Waals surface area contributed by atoms with Gasteiger partial charge in [-0.2, -0.15) is 0 Å². The average Bonchev–Trinajstić information content (AvgIpc) is 2.23. The molecule has 1 aliphatic heterocycles. The molecule has 0 saturated heterocycles. The molecule has 0 spiro atoms. The Hall–Kier alpha value is 0.00870. The molecule has 2 radical (unpaired) electrons. The number of allylic oxidation sites excluding steroid dienone is 2. The van der Waals surface area contributed by atoms with Gasteiger partial charge in [-0.25, -0.2) is 0 Å². The first-order chi connectivity index (χ1) is 6.37. The molecule has 0 aliphatic carbocycles. The van der Waals surface area contributed by atoms with Gasteiger partial charge < -0.3 is 0 Å². The molecule has 14 heavy (non-hydrogen) atoms. The van der Waals surface area contributed by atoms with E-state index in [9.17, 15) is 0 Å². The molecule has 0 aromatic rings. The molecule has 0 aromatic carbocycles. The Morgan fingerprint density at radius 3 is 1.29 bits per heavy atom. The van der Waals surface area contributed by atoms with Crippen LogP contribution in [0.4, 0.5) is 0 Å². The summed E-state index contributed by atoms with van der Waals surface area (Å²) >= 11 is 1.50. The molecule has 0 unspecified atom stereocenters. The van der Waals surface area contributed by atoms with Crippen molar-refractivity contribution in [2.24, 2.45) is 0 Å². The van der Waals surface area contributed by atoms with Crippen LogP contribution in [-0.4, -0.2) is 47.7 Å². The van der Waals surface area contributed by atoms with Crippen molar-refractivity contribution in [3.8, 4) is 0 Å². The molecule has 0 bridgehead atoms. The van der Waals surface area contributed by atoms with Crippen LogP contribution in [0.1, 0.15) is 41.5 Å². The Kier molecular flexibility index (Phi) is 3.67. The second-order valence-corrected chi connectivity index (χ2v) is 5.70. The van der Waals surface area contributed by atoms with E-state index in [1.54, 1.807) is 0 Å². The molecule has 78 valence electrons. The fourth-order valence-corrected chi connectivity index (χ4v) is 4.48. The van der Waals surface area contributed by atoms with E-state index >= 15 is 0 Å². The van der Waals surface area contributed by atoms with E-state index in [0.717, 1.165) is 0 Å². The predicted octanol–water partition coefficient (Wildman–Crippen LogP) is 1.93. The van der Waals surface area contributed by atoms with Crippen LogP contribution in [0.2, 0.25) is 0 Å². The van der Waals surface area contributed by atoms with Gasteiger partial charge in [0.15, 0.2) is 0 Å². The zero-order chi connectivity index (χ0) is 11.0. The summed E-state index contributed by atoms with van der Waals surface area (Å²) in [6.45, 7) is 13.5. The molecule has 0 N–H and O–H groups in total. The van der Waals surface area contributed by atoms with Crippen molar-refractivity contribution in [1.29, 1.82) is 0 Å². The van der Waals surface area contributed by atoms with Gasteiger partial charge in [-0.05, 0) is 0 Å². The topological polar surface area (TPSA) is 6.48 Å². The molecule has 1 aliphatic rings. The van der Waals surface area contributed by atoms with E-state index < -0.39 is 0 Å². The fourth-order valence-electron chi connectivity index (χ4n) is 2.05. The van der Waals surface area contributed by atoms with Gasteiger partial charge in [0.05, 0.1) is 0 Å². The van der Waals surface area contributed by atoms with Crippen LogP contribution in [0.25, 0.3) is 0 Å². The summed E-state index contributed by atoms with van der Waals surface area (Å²) in [5, 5.41) is 0. The first-order valence-corrected chi connectivity index (χ1v) is 6.65. The first-order valence-electron chi connectivity index (χ1n) is 5.22. The van der Waals surface area contributed by atoms with Gasteiger partial charge in [-0.15, -0.1) is 0 Å². The summed E-state index contributed by atoms with van der Waals surface area (Å²) in [5.41, 5.74) is 2.83. The molecular weight excluding hydrogens is 279 g/mol. The standard InChI is InChI=1S/C11H20N2.Sn/c1-8(2)12-7-13(9(3)4)11(6)10(12)5;/h8-9H,1-6H3;. The number of nitrogens with zero attached hydrogens (tertiary/aromatic N) is 2. The quantitative estimate of drug-likeness (QED) is 0.719. The summed E-state index contributed by atoms with van der Waals surface area (Å²) in [6, 6.07) is 1.14. The molecule has 0 atom stereocenters. The van der Waals surface area contributed by atoms with Gasteiger partial charge in [0, 0.05) is 0 Å². The summed E-state index contributed by atoms with van der Waals surface area (Å²) in [6.07, 6.45) is 0. The van der Waals surface area contributed by atoms with Crippen LogP contribution >= 0.6 is 0 Å². The van der Waals surface area contributed by atoms with Crippen molar-refractivity contribution < 1.29 is 0 Å². The monoisotopic (exact) mass is 300 g/mol. The summed E-state index contributed by atoms with van der Waals surface area (Å²) in [4.78, 5) is 4.90. The van der Waals surface area contributed by atoms with E-state index in [0.29, 0.717) is 12.1 Å². The SMILES string of the molecule is CC1=C(C)N(C(C)C)[C](=[Sn])N1C(C)C. The van der Waals surface area contributed by atoms with Gasteiger partial charge >= 0.3 is 101 Å².